The van der Waals surface area contributed by atoms with Crippen LogP contribution in [0, 0.1) is 5.41 Å². The molecular formula is C11H23NO. The average molecular weight is 185 g/mol. The van der Waals surface area contributed by atoms with Gasteiger partial charge in [-0.05, 0) is 44.1 Å². The van der Waals surface area contributed by atoms with Gasteiger partial charge in [-0.25, -0.2) is 0 Å². The van der Waals surface area contributed by atoms with E-state index in [1.165, 1.54) is 45.2 Å². The van der Waals surface area contributed by atoms with Crippen LogP contribution in [0.3, 0.4) is 0 Å². The highest BCUT2D eigenvalue weighted by Gasteiger charge is 2.40. The van der Waals surface area contributed by atoms with Gasteiger partial charge in [-0.3, -0.25) is 0 Å². The zero-order valence-electron chi connectivity index (χ0n) is 9.07. The van der Waals surface area contributed by atoms with Gasteiger partial charge in [0.2, 0.25) is 0 Å². The number of rotatable bonds is 8. The standard InChI is InChI=1S/C11H23NO/c1-3-8-12-10-11(6-7-11)5-4-9-13-2/h12H,3-10H2,1-2H3. The smallest absolute Gasteiger partial charge is 0.0462 e. The maximum absolute atomic E-state index is 5.07. The van der Waals surface area contributed by atoms with E-state index >= 15 is 0 Å². The van der Waals surface area contributed by atoms with Crippen molar-refractivity contribution in [3.63, 3.8) is 0 Å². The number of nitrogens with one attached hydrogen (secondary N) is 1. The van der Waals surface area contributed by atoms with E-state index in [1.807, 2.05) is 0 Å². The van der Waals surface area contributed by atoms with E-state index < -0.39 is 0 Å². The first-order chi connectivity index (χ1) is 6.33. The molecule has 0 aliphatic heterocycles. The lowest BCUT2D eigenvalue weighted by molar-refractivity contribution is 0.184. The van der Waals surface area contributed by atoms with E-state index in [9.17, 15) is 0 Å². The van der Waals surface area contributed by atoms with Gasteiger partial charge >= 0.3 is 0 Å². The molecule has 78 valence electrons. The Bertz CT molecular complexity index is 120. The maximum atomic E-state index is 5.07. The number of hydrogen-bond donors (Lipinski definition) is 1. The fourth-order valence-electron chi connectivity index (χ4n) is 1.81. The maximum Gasteiger partial charge on any atom is 0.0462 e. The minimum Gasteiger partial charge on any atom is -0.385 e. The first-order valence-electron chi connectivity index (χ1n) is 5.53. The second-order valence-corrected chi connectivity index (χ2v) is 4.27. The molecule has 0 bridgehead atoms. The molecule has 0 radical (unpaired) electrons. The van der Waals surface area contributed by atoms with Crippen molar-refractivity contribution in [2.24, 2.45) is 5.41 Å². The quantitative estimate of drug-likeness (QED) is 0.585. The molecule has 1 aliphatic carbocycles. The summed E-state index contributed by atoms with van der Waals surface area (Å²) in [6.07, 6.45) is 6.66. The van der Waals surface area contributed by atoms with Crippen molar-refractivity contribution in [1.29, 1.82) is 0 Å². The third-order valence-electron chi connectivity index (χ3n) is 2.94. The third kappa shape index (κ3) is 4.10. The normalized spacial score (nSPS) is 18.9. The molecule has 0 saturated heterocycles. The van der Waals surface area contributed by atoms with Crippen LogP contribution in [0.15, 0.2) is 0 Å². The van der Waals surface area contributed by atoms with Crippen molar-refractivity contribution >= 4 is 0 Å². The summed E-state index contributed by atoms with van der Waals surface area (Å²) in [5.74, 6) is 0. The number of hydrogen-bond acceptors (Lipinski definition) is 2. The van der Waals surface area contributed by atoms with Gasteiger partial charge in [0.05, 0.1) is 0 Å². The molecule has 0 spiro atoms. The van der Waals surface area contributed by atoms with E-state index in [0.29, 0.717) is 5.41 Å². The summed E-state index contributed by atoms with van der Waals surface area (Å²) in [5, 5.41) is 3.52. The average Bonchev–Trinajstić information content (AvgIpc) is 2.87. The predicted octanol–water partition coefficient (Wildman–Crippen LogP) is 2.19. The lowest BCUT2D eigenvalue weighted by Gasteiger charge is -2.15. The highest BCUT2D eigenvalue weighted by atomic mass is 16.5. The monoisotopic (exact) mass is 185 g/mol. The summed E-state index contributed by atoms with van der Waals surface area (Å²) in [5.41, 5.74) is 0.660. The Morgan fingerprint density at radius 1 is 1.38 bits per heavy atom. The van der Waals surface area contributed by atoms with Crippen LogP contribution in [0.2, 0.25) is 0 Å². The minimum absolute atomic E-state index is 0.660. The van der Waals surface area contributed by atoms with Crippen molar-refractivity contribution in [2.75, 3.05) is 26.8 Å². The third-order valence-corrected chi connectivity index (χ3v) is 2.94. The molecule has 0 atom stereocenters. The Labute approximate surface area is 82.0 Å². The Balaban J connectivity index is 2.01. The molecule has 2 nitrogen and oxygen atoms in total. The highest BCUT2D eigenvalue weighted by Crippen LogP contribution is 2.48. The lowest BCUT2D eigenvalue weighted by atomic mass is 10.0. The van der Waals surface area contributed by atoms with Crippen molar-refractivity contribution in [1.82, 2.24) is 5.32 Å². The molecule has 0 aromatic carbocycles. The first kappa shape index (κ1) is 11.0. The van der Waals surface area contributed by atoms with Gasteiger partial charge in [-0.2, -0.15) is 0 Å². The number of ether oxygens (including phenoxy) is 1. The molecule has 0 amide bonds. The van der Waals surface area contributed by atoms with Crippen LogP contribution in [0.1, 0.15) is 39.0 Å². The second-order valence-electron chi connectivity index (χ2n) is 4.27. The van der Waals surface area contributed by atoms with E-state index in [-0.39, 0.29) is 0 Å². The van der Waals surface area contributed by atoms with E-state index in [0.717, 1.165) is 6.61 Å². The largest absolute Gasteiger partial charge is 0.385 e. The van der Waals surface area contributed by atoms with Crippen LogP contribution < -0.4 is 5.32 Å². The zero-order chi connectivity index (χ0) is 9.57. The summed E-state index contributed by atoms with van der Waals surface area (Å²) in [7, 11) is 1.79. The molecular weight excluding hydrogens is 162 g/mol. The predicted molar refractivity (Wildman–Crippen MR) is 55.9 cm³/mol. The molecule has 0 aromatic rings. The molecule has 1 aliphatic rings. The van der Waals surface area contributed by atoms with Crippen LogP contribution in [0.4, 0.5) is 0 Å². The van der Waals surface area contributed by atoms with Crippen LogP contribution in [-0.4, -0.2) is 26.8 Å². The van der Waals surface area contributed by atoms with Gasteiger partial charge < -0.3 is 10.1 Å². The molecule has 1 rings (SSSR count). The molecule has 1 N–H and O–H groups in total. The molecule has 13 heavy (non-hydrogen) atoms. The van der Waals surface area contributed by atoms with Crippen molar-refractivity contribution in [2.45, 2.75) is 39.0 Å². The Hall–Kier alpha value is -0.0800. The Morgan fingerprint density at radius 3 is 2.69 bits per heavy atom. The lowest BCUT2D eigenvalue weighted by Crippen LogP contribution is -2.24. The van der Waals surface area contributed by atoms with Gasteiger partial charge in [-0.15, -0.1) is 0 Å². The molecule has 2 heteroatoms. The van der Waals surface area contributed by atoms with Gasteiger partial charge in [0.1, 0.15) is 0 Å². The van der Waals surface area contributed by atoms with Crippen LogP contribution in [0.25, 0.3) is 0 Å². The van der Waals surface area contributed by atoms with E-state index in [4.69, 9.17) is 4.74 Å². The molecule has 1 fully saturated rings. The van der Waals surface area contributed by atoms with E-state index in [2.05, 4.69) is 12.2 Å². The fraction of sp³-hybridized carbons (Fsp3) is 1.00. The number of methoxy groups -OCH3 is 1. The first-order valence-corrected chi connectivity index (χ1v) is 5.53. The van der Waals surface area contributed by atoms with Crippen LogP contribution in [-0.2, 0) is 4.74 Å². The van der Waals surface area contributed by atoms with Gasteiger partial charge in [0, 0.05) is 20.3 Å². The Kier molecular flexibility index (Phi) is 4.74. The van der Waals surface area contributed by atoms with Crippen LogP contribution in [0.5, 0.6) is 0 Å². The molecule has 0 aromatic heterocycles. The van der Waals surface area contributed by atoms with Gasteiger partial charge in [0.25, 0.3) is 0 Å². The molecule has 1 saturated carbocycles. The van der Waals surface area contributed by atoms with Crippen molar-refractivity contribution in [3.8, 4) is 0 Å². The molecule has 0 heterocycles. The van der Waals surface area contributed by atoms with Gasteiger partial charge in [-0.1, -0.05) is 6.92 Å². The fourth-order valence-corrected chi connectivity index (χ4v) is 1.81. The summed E-state index contributed by atoms with van der Waals surface area (Å²) in [6, 6.07) is 0. The van der Waals surface area contributed by atoms with E-state index in [1.54, 1.807) is 7.11 Å². The zero-order valence-corrected chi connectivity index (χ0v) is 9.07. The summed E-state index contributed by atoms with van der Waals surface area (Å²) < 4.78 is 5.07. The highest BCUT2D eigenvalue weighted by molar-refractivity contribution is 4.94. The van der Waals surface area contributed by atoms with Crippen molar-refractivity contribution < 1.29 is 4.74 Å². The minimum atomic E-state index is 0.660. The summed E-state index contributed by atoms with van der Waals surface area (Å²) in [4.78, 5) is 0. The molecule has 0 unspecified atom stereocenters. The summed E-state index contributed by atoms with van der Waals surface area (Å²) >= 11 is 0. The summed E-state index contributed by atoms with van der Waals surface area (Å²) in [6.45, 7) is 5.55. The van der Waals surface area contributed by atoms with Gasteiger partial charge in [0.15, 0.2) is 0 Å². The Morgan fingerprint density at radius 2 is 2.15 bits per heavy atom. The second kappa shape index (κ2) is 5.61. The van der Waals surface area contributed by atoms with Crippen LogP contribution >= 0.6 is 0 Å². The topological polar surface area (TPSA) is 21.3 Å². The van der Waals surface area contributed by atoms with Crippen molar-refractivity contribution in [3.05, 3.63) is 0 Å². The SMILES string of the molecule is CCCNCC1(CCCOC)CC1.